The third-order valence-corrected chi connectivity index (χ3v) is 8.66. The number of anilines is 1. The van der Waals surface area contributed by atoms with Gasteiger partial charge in [-0.1, -0.05) is 12.1 Å². The van der Waals surface area contributed by atoms with Crippen molar-refractivity contribution in [3.05, 3.63) is 41.1 Å². The Morgan fingerprint density at radius 3 is 2.23 bits per heavy atom. The number of nitrogens with zero attached hydrogens (tertiary/aromatic N) is 1. The Hall–Kier alpha value is -2.61. The minimum Gasteiger partial charge on any atom is -0.463 e. The maximum absolute atomic E-state index is 12.9. The number of benzene rings is 1. The summed E-state index contributed by atoms with van der Waals surface area (Å²) in [6.07, 6.45) is 7.41. The maximum atomic E-state index is 12.9. The number of esters is 1. The van der Waals surface area contributed by atoms with Gasteiger partial charge >= 0.3 is 12.0 Å². The van der Waals surface area contributed by atoms with E-state index in [0.29, 0.717) is 23.8 Å². The zero-order chi connectivity index (χ0) is 24.7. The van der Waals surface area contributed by atoms with Crippen molar-refractivity contribution in [3.8, 4) is 0 Å². The van der Waals surface area contributed by atoms with Gasteiger partial charge in [0.1, 0.15) is 0 Å². The number of ether oxygens (including phenoxy) is 1. The second-order valence-electron chi connectivity index (χ2n) is 10.7. The topological polar surface area (TPSA) is 82.7 Å². The molecular formula is C27H36N4O3S. The minimum atomic E-state index is -0.403. The van der Waals surface area contributed by atoms with E-state index < -0.39 is 6.04 Å². The SMILES string of the molecule is CCOC(=O)C1=C(C)N(CC)C(=S)N[C@@H]1c1ccc(NC(=O)NC23CC4CC(CC(C4)C2)C3)cc1. The molecule has 4 fully saturated rings. The van der Waals surface area contributed by atoms with E-state index in [1.165, 1.54) is 19.3 Å². The van der Waals surface area contributed by atoms with E-state index in [4.69, 9.17) is 17.0 Å². The fourth-order valence-electron chi connectivity index (χ4n) is 7.31. The van der Waals surface area contributed by atoms with Crippen molar-refractivity contribution in [2.24, 2.45) is 17.8 Å². The molecule has 35 heavy (non-hydrogen) atoms. The molecule has 1 aromatic rings. The highest BCUT2D eigenvalue weighted by Crippen LogP contribution is 2.55. The monoisotopic (exact) mass is 496 g/mol. The Labute approximate surface area is 213 Å². The van der Waals surface area contributed by atoms with Crippen LogP contribution >= 0.6 is 12.2 Å². The van der Waals surface area contributed by atoms with Crippen molar-refractivity contribution in [2.75, 3.05) is 18.5 Å². The highest BCUT2D eigenvalue weighted by Gasteiger charge is 2.51. The molecule has 1 heterocycles. The van der Waals surface area contributed by atoms with Gasteiger partial charge in [-0.15, -0.1) is 0 Å². The van der Waals surface area contributed by atoms with Crippen LogP contribution in [0.25, 0.3) is 0 Å². The molecule has 7 nitrogen and oxygen atoms in total. The molecule has 0 saturated heterocycles. The van der Waals surface area contributed by atoms with E-state index in [0.717, 1.165) is 54.0 Å². The Bertz CT molecular complexity index is 1020. The predicted molar refractivity (Wildman–Crippen MR) is 140 cm³/mol. The van der Waals surface area contributed by atoms with E-state index in [9.17, 15) is 9.59 Å². The standard InChI is InChI=1S/C27H36N4O3S/c1-4-31-16(3)22(24(32)34-5-2)23(29-26(31)35)20-6-8-21(9-7-20)28-25(33)30-27-13-17-10-18(14-27)12-19(11-17)15-27/h6-9,17-19,23H,4-5,10-15H2,1-3H3,(H,29,35)(H2,28,30,33)/t17?,18?,19?,23-,27?/m1/s1. The molecule has 1 aromatic carbocycles. The zero-order valence-corrected chi connectivity index (χ0v) is 21.7. The van der Waals surface area contributed by atoms with E-state index in [1.54, 1.807) is 6.92 Å². The van der Waals surface area contributed by atoms with Gasteiger partial charge in [-0.25, -0.2) is 9.59 Å². The van der Waals surface area contributed by atoms with E-state index in [2.05, 4.69) is 16.0 Å². The number of carbonyl (C=O) groups is 2. The van der Waals surface area contributed by atoms with Gasteiger partial charge in [-0.2, -0.15) is 0 Å². The van der Waals surface area contributed by atoms with Crippen LogP contribution in [0.1, 0.15) is 70.9 Å². The van der Waals surface area contributed by atoms with Crippen molar-refractivity contribution in [1.82, 2.24) is 15.5 Å². The van der Waals surface area contributed by atoms with Crippen molar-refractivity contribution >= 4 is 35.0 Å². The Balaban J connectivity index is 1.29. The van der Waals surface area contributed by atoms with Crippen molar-refractivity contribution < 1.29 is 14.3 Å². The van der Waals surface area contributed by atoms with Crippen LogP contribution in [-0.2, 0) is 9.53 Å². The van der Waals surface area contributed by atoms with E-state index in [-0.39, 0.29) is 17.5 Å². The van der Waals surface area contributed by atoms with Crippen LogP contribution in [-0.4, -0.2) is 40.7 Å². The summed E-state index contributed by atoms with van der Waals surface area (Å²) in [7, 11) is 0. The summed E-state index contributed by atoms with van der Waals surface area (Å²) in [6.45, 7) is 6.67. The average molecular weight is 497 g/mol. The molecule has 3 N–H and O–H groups in total. The summed E-state index contributed by atoms with van der Waals surface area (Å²) >= 11 is 5.55. The number of nitrogens with one attached hydrogen (secondary N) is 3. The van der Waals surface area contributed by atoms with Gasteiger partial charge in [-0.3, -0.25) is 0 Å². The number of thiocarbonyl (C=S) groups is 1. The lowest BCUT2D eigenvalue weighted by atomic mass is 9.53. The highest BCUT2D eigenvalue weighted by atomic mass is 32.1. The second kappa shape index (κ2) is 9.45. The maximum Gasteiger partial charge on any atom is 0.338 e. The van der Waals surface area contributed by atoms with Gasteiger partial charge in [0, 0.05) is 23.5 Å². The van der Waals surface area contributed by atoms with Crippen LogP contribution in [0.2, 0.25) is 0 Å². The molecule has 5 aliphatic rings. The molecule has 4 saturated carbocycles. The molecule has 0 aromatic heterocycles. The van der Waals surface area contributed by atoms with Gasteiger partial charge in [0.25, 0.3) is 0 Å². The number of rotatable bonds is 6. The predicted octanol–water partition coefficient (Wildman–Crippen LogP) is 4.87. The number of urea groups is 1. The van der Waals surface area contributed by atoms with Gasteiger partial charge in [-0.05, 0) is 107 Å². The molecule has 6 rings (SSSR count). The first-order valence-corrected chi connectivity index (χ1v) is 13.4. The Kier molecular flexibility index (Phi) is 6.51. The summed E-state index contributed by atoms with van der Waals surface area (Å²) in [5.41, 5.74) is 2.95. The van der Waals surface area contributed by atoms with Crippen molar-refractivity contribution in [1.29, 1.82) is 0 Å². The van der Waals surface area contributed by atoms with Crippen LogP contribution in [0.5, 0.6) is 0 Å². The molecule has 4 aliphatic carbocycles. The average Bonchev–Trinajstić information content (AvgIpc) is 2.78. The first-order chi connectivity index (χ1) is 16.8. The molecule has 4 bridgehead atoms. The number of hydrogen-bond acceptors (Lipinski definition) is 4. The first-order valence-electron chi connectivity index (χ1n) is 13.0. The van der Waals surface area contributed by atoms with Crippen molar-refractivity contribution in [2.45, 2.75) is 70.9 Å². The first kappa shape index (κ1) is 24.1. The fraction of sp³-hybridized carbons (Fsp3) is 0.593. The number of amides is 2. The van der Waals surface area contributed by atoms with Crippen LogP contribution in [0.3, 0.4) is 0 Å². The molecule has 2 amide bonds. The Morgan fingerprint density at radius 2 is 1.69 bits per heavy atom. The van der Waals surface area contributed by atoms with Crippen LogP contribution < -0.4 is 16.0 Å². The summed E-state index contributed by atoms with van der Waals surface area (Å²) in [5, 5.41) is 10.3. The van der Waals surface area contributed by atoms with Crippen LogP contribution in [0, 0.1) is 17.8 Å². The van der Waals surface area contributed by atoms with E-state index in [1.807, 2.05) is 43.0 Å². The van der Waals surface area contributed by atoms with Gasteiger partial charge in [0.2, 0.25) is 0 Å². The lowest BCUT2D eigenvalue weighted by Gasteiger charge is -2.56. The highest BCUT2D eigenvalue weighted by molar-refractivity contribution is 7.80. The second-order valence-corrected chi connectivity index (χ2v) is 11.1. The Morgan fingerprint density at radius 1 is 1.09 bits per heavy atom. The third-order valence-electron chi connectivity index (χ3n) is 8.33. The molecule has 0 spiro atoms. The molecule has 188 valence electrons. The smallest absolute Gasteiger partial charge is 0.338 e. The molecule has 1 atom stereocenters. The van der Waals surface area contributed by atoms with Gasteiger partial charge < -0.3 is 25.6 Å². The molecule has 8 heteroatoms. The zero-order valence-electron chi connectivity index (χ0n) is 20.9. The fourth-order valence-corrected chi connectivity index (χ4v) is 7.70. The number of hydrogen-bond donors (Lipinski definition) is 3. The molecule has 1 aliphatic heterocycles. The largest absolute Gasteiger partial charge is 0.463 e. The summed E-state index contributed by atoms with van der Waals surface area (Å²) < 4.78 is 5.35. The normalized spacial score (nSPS) is 31.3. The number of carbonyl (C=O) groups excluding carboxylic acids is 2. The minimum absolute atomic E-state index is 0.0253. The molecular weight excluding hydrogens is 460 g/mol. The summed E-state index contributed by atoms with van der Waals surface area (Å²) in [5.74, 6) is 2.00. The molecule has 0 radical (unpaired) electrons. The lowest BCUT2D eigenvalue weighted by Crippen LogP contribution is -2.60. The van der Waals surface area contributed by atoms with Crippen molar-refractivity contribution in [3.63, 3.8) is 0 Å². The van der Waals surface area contributed by atoms with Gasteiger partial charge in [0.05, 0.1) is 18.2 Å². The molecule has 0 unspecified atom stereocenters. The van der Waals surface area contributed by atoms with Gasteiger partial charge in [0.15, 0.2) is 5.11 Å². The van der Waals surface area contributed by atoms with Crippen LogP contribution in [0.4, 0.5) is 10.5 Å². The van der Waals surface area contributed by atoms with E-state index >= 15 is 0 Å². The summed E-state index contributed by atoms with van der Waals surface area (Å²) in [6, 6.07) is 7.08. The number of allylic oxidation sites excluding steroid dienone is 1. The summed E-state index contributed by atoms with van der Waals surface area (Å²) in [4.78, 5) is 27.7. The lowest BCUT2D eigenvalue weighted by molar-refractivity contribution is -0.139. The quantitative estimate of drug-likeness (QED) is 0.385. The van der Waals surface area contributed by atoms with Crippen LogP contribution in [0.15, 0.2) is 35.5 Å². The third kappa shape index (κ3) is 4.65.